The van der Waals surface area contributed by atoms with E-state index in [1.807, 2.05) is 0 Å². The van der Waals surface area contributed by atoms with E-state index in [9.17, 15) is 0 Å². The summed E-state index contributed by atoms with van der Waals surface area (Å²) in [6, 6.07) is 77.4. The number of hydrogen-bond donors (Lipinski definition) is 0. The van der Waals surface area contributed by atoms with E-state index in [0.29, 0.717) is 0 Å². The summed E-state index contributed by atoms with van der Waals surface area (Å²) < 4.78 is 7.29. The number of aromatic nitrogens is 3. The average Bonchev–Trinajstić information content (AvgIpc) is 3.92. The van der Waals surface area contributed by atoms with Gasteiger partial charge in [0.25, 0.3) is 0 Å². The zero-order chi connectivity index (χ0) is 37.5. The standard InChI is InChI=1S/C54H35N3/c1-4-16-36(17-5-1)41-30-31-45-42-22-10-15-27-50(42)57(39-20-8-3-9-21-39)54(45)53(41)37-28-32-51-46(34-37)43-23-11-14-26-49(43)56(51)40-29-33-52-47(35-40)44-24-12-13-25-48(44)55(52)38-18-6-2-7-19-38/h1-35H. The van der Waals surface area contributed by atoms with Gasteiger partial charge in [0.2, 0.25) is 0 Å². The minimum absolute atomic E-state index is 1.15. The molecule has 0 bridgehead atoms. The van der Waals surface area contributed by atoms with Crippen molar-refractivity contribution in [2.45, 2.75) is 0 Å². The van der Waals surface area contributed by atoms with Crippen molar-refractivity contribution in [1.29, 1.82) is 0 Å². The normalized spacial score (nSPS) is 11.9. The van der Waals surface area contributed by atoms with Crippen LogP contribution in [0.1, 0.15) is 0 Å². The van der Waals surface area contributed by atoms with E-state index in [2.05, 4.69) is 226 Å². The molecular weight excluding hydrogens is 691 g/mol. The van der Waals surface area contributed by atoms with Crippen molar-refractivity contribution in [2.24, 2.45) is 0 Å². The molecule has 3 heterocycles. The predicted molar refractivity (Wildman–Crippen MR) is 240 cm³/mol. The second kappa shape index (κ2) is 12.5. The molecule has 0 unspecified atom stereocenters. The quantitative estimate of drug-likeness (QED) is 0.168. The fraction of sp³-hybridized carbons (Fsp3) is 0. The lowest BCUT2D eigenvalue weighted by molar-refractivity contribution is 1.16. The van der Waals surface area contributed by atoms with Crippen LogP contribution in [-0.4, -0.2) is 13.7 Å². The molecule has 3 heteroatoms. The molecular formula is C54H35N3. The van der Waals surface area contributed by atoms with Crippen LogP contribution in [0.3, 0.4) is 0 Å². The molecule has 0 radical (unpaired) electrons. The largest absolute Gasteiger partial charge is 0.309 e. The molecule has 0 amide bonds. The minimum Gasteiger partial charge on any atom is -0.309 e. The van der Waals surface area contributed by atoms with Crippen LogP contribution in [0, 0.1) is 0 Å². The average molecular weight is 726 g/mol. The molecule has 0 spiro atoms. The van der Waals surface area contributed by atoms with Crippen LogP contribution in [-0.2, 0) is 0 Å². The van der Waals surface area contributed by atoms with Crippen molar-refractivity contribution in [3.05, 3.63) is 212 Å². The van der Waals surface area contributed by atoms with Gasteiger partial charge in [-0.2, -0.15) is 0 Å². The molecule has 0 aliphatic heterocycles. The van der Waals surface area contributed by atoms with E-state index < -0.39 is 0 Å². The van der Waals surface area contributed by atoms with E-state index in [1.165, 1.54) is 87.7 Å². The van der Waals surface area contributed by atoms with Gasteiger partial charge in [-0.05, 0) is 89.5 Å². The topological polar surface area (TPSA) is 14.8 Å². The van der Waals surface area contributed by atoms with Gasteiger partial charge in [0.1, 0.15) is 0 Å². The summed E-state index contributed by atoms with van der Waals surface area (Å²) in [6.07, 6.45) is 0. The number of benzene rings is 9. The maximum absolute atomic E-state index is 2.46. The third kappa shape index (κ3) is 4.73. The number of nitrogens with zero attached hydrogens (tertiary/aromatic N) is 3. The maximum atomic E-state index is 2.46. The first-order valence-corrected chi connectivity index (χ1v) is 19.6. The third-order valence-corrected chi connectivity index (χ3v) is 11.8. The van der Waals surface area contributed by atoms with Crippen LogP contribution in [0.15, 0.2) is 212 Å². The van der Waals surface area contributed by atoms with Crippen molar-refractivity contribution < 1.29 is 0 Å². The highest BCUT2D eigenvalue weighted by Gasteiger charge is 2.22. The molecule has 0 fully saturated rings. The maximum Gasteiger partial charge on any atom is 0.0625 e. The Morgan fingerprint density at radius 1 is 0.246 bits per heavy atom. The highest BCUT2D eigenvalue weighted by molar-refractivity contribution is 6.18. The molecule has 0 aliphatic carbocycles. The molecule has 0 saturated heterocycles. The molecule has 57 heavy (non-hydrogen) atoms. The minimum atomic E-state index is 1.15. The van der Waals surface area contributed by atoms with Gasteiger partial charge < -0.3 is 13.7 Å². The van der Waals surface area contributed by atoms with Gasteiger partial charge in [-0.25, -0.2) is 0 Å². The smallest absolute Gasteiger partial charge is 0.0625 e. The van der Waals surface area contributed by atoms with E-state index >= 15 is 0 Å². The number of rotatable bonds is 5. The fourth-order valence-electron chi connectivity index (χ4n) is 9.42. The lowest BCUT2D eigenvalue weighted by Crippen LogP contribution is -1.97. The Morgan fingerprint density at radius 3 is 1.33 bits per heavy atom. The molecule has 0 aliphatic rings. The first-order valence-electron chi connectivity index (χ1n) is 19.6. The fourth-order valence-corrected chi connectivity index (χ4v) is 9.42. The Balaban J connectivity index is 1.14. The third-order valence-electron chi connectivity index (χ3n) is 11.8. The van der Waals surface area contributed by atoms with E-state index in [4.69, 9.17) is 0 Å². The lowest BCUT2D eigenvalue weighted by atomic mass is 9.91. The summed E-state index contributed by atoms with van der Waals surface area (Å²) in [5.41, 5.74) is 15.5. The predicted octanol–water partition coefficient (Wildman–Crippen LogP) is 14.3. The second-order valence-electron chi connectivity index (χ2n) is 14.9. The molecule has 12 rings (SSSR count). The van der Waals surface area contributed by atoms with Gasteiger partial charge in [-0.1, -0.05) is 140 Å². The van der Waals surface area contributed by atoms with Crippen molar-refractivity contribution in [2.75, 3.05) is 0 Å². The van der Waals surface area contributed by atoms with Crippen LogP contribution in [0.2, 0.25) is 0 Å². The SMILES string of the molecule is c1ccc(-c2ccc3c4ccccc4n(-c4ccccc4)c3c2-c2ccc3c(c2)c2ccccc2n3-c2ccc3c(c2)c2ccccc2n3-c2ccccc2)cc1. The van der Waals surface area contributed by atoms with Crippen molar-refractivity contribution in [3.63, 3.8) is 0 Å². The van der Waals surface area contributed by atoms with Crippen molar-refractivity contribution >= 4 is 65.4 Å². The van der Waals surface area contributed by atoms with Crippen LogP contribution in [0.4, 0.5) is 0 Å². The molecule has 12 aromatic rings. The number of para-hydroxylation sites is 5. The zero-order valence-electron chi connectivity index (χ0n) is 31.0. The monoisotopic (exact) mass is 725 g/mol. The molecule has 0 N–H and O–H groups in total. The van der Waals surface area contributed by atoms with Gasteiger partial charge >= 0.3 is 0 Å². The lowest BCUT2D eigenvalue weighted by Gasteiger charge is -2.16. The van der Waals surface area contributed by atoms with Gasteiger partial charge in [0, 0.05) is 54.9 Å². The van der Waals surface area contributed by atoms with Gasteiger partial charge in [-0.15, -0.1) is 0 Å². The van der Waals surface area contributed by atoms with Gasteiger partial charge in [0.05, 0.1) is 33.1 Å². The molecule has 3 nitrogen and oxygen atoms in total. The van der Waals surface area contributed by atoms with Gasteiger partial charge in [-0.3, -0.25) is 0 Å². The van der Waals surface area contributed by atoms with Crippen molar-refractivity contribution in [1.82, 2.24) is 13.7 Å². The van der Waals surface area contributed by atoms with E-state index in [1.54, 1.807) is 0 Å². The van der Waals surface area contributed by atoms with Crippen LogP contribution in [0.25, 0.3) is 105 Å². The highest BCUT2D eigenvalue weighted by Crippen LogP contribution is 2.45. The summed E-state index contributed by atoms with van der Waals surface area (Å²) in [7, 11) is 0. The molecule has 9 aromatic carbocycles. The Morgan fingerprint density at radius 2 is 0.702 bits per heavy atom. The molecule has 0 atom stereocenters. The number of fused-ring (bicyclic) bond motifs is 9. The summed E-state index contributed by atoms with van der Waals surface area (Å²) in [5, 5.41) is 7.44. The van der Waals surface area contributed by atoms with Crippen LogP contribution < -0.4 is 0 Å². The highest BCUT2D eigenvalue weighted by atomic mass is 15.0. The first-order chi connectivity index (χ1) is 28.3. The summed E-state index contributed by atoms with van der Waals surface area (Å²) in [4.78, 5) is 0. The van der Waals surface area contributed by atoms with Crippen LogP contribution in [0.5, 0.6) is 0 Å². The van der Waals surface area contributed by atoms with Crippen molar-refractivity contribution in [3.8, 4) is 39.3 Å². The van der Waals surface area contributed by atoms with Crippen LogP contribution >= 0.6 is 0 Å². The first kappa shape index (κ1) is 31.7. The Hall–Kier alpha value is -7.62. The van der Waals surface area contributed by atoms with E-state index in [-0.39, 0.29) is 0 Å². The Kier molecular flexibility index (Phi) is 6.93. The Bertz CT molecular complexity index is 3500. The summed E-state index contributed by atoms with van der Waals surface area (Å²) >= 11 is 0. The molecule has 0 saturated carbocycles. The molecule has 266 valence electrons. The number of hydrogen-bond acceptors (Lipinski definition) is 0. The van der Waals surface area contributed by atoms with E-state index in [0.717, 1.165) is 17.1 Å². The Labute approximate surface area is 329 Å². The second-order valence-corrected chi connectivity index (χ2v) is 14.9. The van der Waals surface area contributed by atoms with Gasteiger partial charge in [0.15, 0.2) is 0 Å². The summed E-state index contributed by atoms with van der Waals surface area (Å²) in [6.45, 7) is 0. The molecule has 3 aromatic heterocycles. The summed E-state index contributed by atoms with van der Waals surface area (Å²) in [5.74, 6) is 0. The zero-order valence-corrected chi connectivity index (χ0v) is 31.0.